The highest BCUT2D eigenvalue weighted by atomic mass is 19.1. The quantitative estimate of drug-likeness (QED) is 0.477. The maximum Gasteiger partial charge on any atom is 0.223 e. The van der Waals surface area contributed by atoms with Crippen LogP contribution in [0.1, 0.15) is 5.56 Å². The molecule has 0 bridgehead atoms. The molecular weight excluding hydrogens is 367 g/mol. The van der Waals surface area contributed by atoms with Crippen molar-refractivity contribution in [2.24, 2.45) is 0 Å². The molecule has 0 fully saturated rings. The van der Waals surface area contributed by atoms with Crippen LogP contribution in [0.2, 0.25) is 0 Å². The maximum atomic E-state index is 13.8. The third-order valence-corrected chi connectivity index (χ3v) is 4.85. The lowest BCUT2D eigenvalue weighted by atomic mass is 10.0. The molecule has 0 spiro atoms. The van der Waals surface area contributed by atoms with E-state index < -0.39 is 0 Å². The van der Waals surface area contributed by atoms with E-state index in [4.69, 9.17) is 4.98 Å². The molecule has 4 aromatic rings. The summed E-state index contributed by atoms with van der Waals surface area (Å²) in [5, 5.41) is 6.54. The third kappa shape index (κ3) is 3.27. The molecule has 3 aromatic heterocycles. The number of hydrogen-bond acceptors (Lipinski definition) is 6. The van der Waals surface area contributed by atoms with Crippen LogP contribution in [0.3, 0.4) is 0 Å². The van der Waals surface area contributed by atoms with Gasteiger partial charge in [-0.3, -0.25) is 4.98 Å². The third-order valence-electron chi connectivity index (χ3n) is 4.85. The summed E-state index contributed by atoms with van der Waals surface area (Å²) in [5.74, 6) is 1.01. The van der Waals surface area contributed by atoms with Gasteiger partial charge in [0.05, 0.1) is 17.6 Å². The standard InChI is InChI=1S/C22H17FN6/c23-18-6-2-1-4-14(18)7-11-26-22-27-12-17-15-8-10-24-13-19(15)28-21-16(20(17)29-22)5-3-9-25-21/h1-6,8-10,12-13H,7,11H2,(H,25,28)(H,26,27,29). The number of nitrogens with one attached hydrogen (secondary N) is 2. The molecule has 142 valence electrons. The van der Waals surface area contributed by atoms with Gasteiger partial charge in [0.2, 0.25) is 5.95 Å². The Bertz CT molecular complexity index is 1190. The zero-order valence-corrected chi connectivity index (χ0v) is 15.4. The Balaban J connectivity index is 1.49. The first-order valence-corrected chi connectivity index (χ1v) is 9.31. The van der Waals surface area contributed by atoms with E-state index in [0.29, 0.717) is 24.5 Å². The molecule has 0 radical (unpaired) electrons. The maximum absolute atomic E-state index is 13.8. The molecule has 0 aliphatic carbocycles. The molecule has 0 saturated heterocycles. The van der Waals surface area contributed by atoms with E-state index >= 15 is 0 Å². The van der Waals surface area contributed by atoms with Crippen LogP contribution in [0.15, 0.2) is 67.3 Å². The van der Waals surface area contributed by atoms with E-state index in [0.717, 1.165) is 33.9 Å². The Labute approximate surface area is 166 Å². The molecule has 4 heterocycles. The van der Waals surface area contributed by atoms with Crippen LogP contribution in [0.25, 0.3) is 22.4 Å². The number of nitrogens with zero attached hydrogens (tertiary/aromatic N) is 4. The first kappa shape index (κ1) is 17.2. The predicted octanol–water partition coefficient (Wildman–Crippen LogP) is 4.45. The number of halogens is 1. The summed E-state index contributed by atoms with van der Waals surface area (Å²) in [4.78, 5) is 17.9. The van der Waals surface area contributed by atoms with E-state index in [-0.39, 0.29) is 5.82 Å². The molecule has 0 amide bonds. The minimum atomic E-state index is -0.201. The van der Waals surface area contributed by atoms with Crippen molar-refractivity contribution in [1.82, 2.24) is 19.9 Å². The highest BCUT2D eigenvalue weighted by Gasteiger charge is 2.21. The average Bonchev–Trinajstić information content (AvgIpc) is 2.89. The van der Waals surface area contributed by atoms with E-state index in [9.17, 15) is 4.39 Å². The zero-order chi connectivity index (χ0) is 19.6. The van der Waals surface area contributed by atoms with Crippen molar-refractivity contribution in [3.05, 3.63) is 78.6 Å². The summed E-state index contributed by atoms with van der Waals surface area (Å²) in [6.45, 7) is 0.526. The topological polar surface area (TPSA) is 75.6 Å². The second-order valence-electron chi connectivity index (χ2n) is 6.67. The normalized spacial score (nSPS) is 11.5. The lowest BCUT2D eigenvalue weighted by Gasteiger charge is -2.11. The van der Waals surface area contributed by atoms with Crippen LogP contribution in [0.4, 0.5) is 21.8 Å². The largest absolute Gasteiger partial charge is 0.354 e. The highest BCUT2D eigenvalue weighted by Crippen LogP contribution is 2.41. The van der Waals surface area contributed by atoms with Crippen LogP contribution < -0.4 is 10.6 Å². The molecule has 1 aliphatic rings. The van der Waals surface area contributed by atoms with E-state index in [1.165, 1.54) is 6.07 Å². The lowest BCUT2D eigenvalue weighted by molar-refractivity contribution is 0.610. The molecule has 2 N–H and O–H groups in total. The van der Waals surface area contributed by atoms with Crippen molar-refractivity contribution in [2.45, 2.75) is 6.42 Å². The van der Waals surface area contributed by atoms with E-state index in [1.807, 2.05) is 24.3 Å². The second kappa shape index (κ2) is 7.27. The number of anilines is 3. The summed E-state index contributed by atoms with van der Waals surface area (Å²) in [7, 11) is 0. The fourth-order valence-corrected chi connectivity index (χ4v) is 3.43. The zero-order valence-electron chi connectivity index (χ0n) is 15.4. The van der Waals surface area contributed by atoms with Gasteiger partial charge in [-0.15, -0.1) is 0 Å². The van der Waals surface area contributed by atoms with Gasteiger partial charge >= 0.3 is 0 Å². The summed E-state index contributed by atoms with van der Waals surface area (Å²) in [5.41, 5.74) is 5.06. The Hall–Kier alpha value is -3.87. The Morgan fingerprint density at radius 2 is 1.83 bits per heavy atom. The fraction of sp³-hybridized carbons (Fsp3) is 0.0909. The molecule has 7 heteroatoms. The van der Waals surface area contributed by atoms with Crippen molar-refractivity contribution < 1.29 is 4.39 Å². The van der Waals surface area contributed by atoms with Crippen LogP contribution in [0, 0.1) is 5.82 Å². The summed E-state index contributed by atoms with van der Waals surface area (Å²) >= 11 is 0. The van der Waals surface area contributed by atoms with Crippen molar-refractivity contribution in [3.63, 3.8) is 0 Å². The molecule has 0 atom stereocenters. The summed E-state index contributed by atoms with van der Waals surface area (Å²) in [6, 6.07) is 12.6. The molecular formula is C22H17FN6. The molecule has 29 heavy (non-hydrogen) atoms. The van der Waals surface area contributed by atoms with Crippen molar-refractivity contribution in [2.75, 3.05) is 17.2 Å². The molecule has 1 aliphatic heterocycles. The Kier molecular flexibility index (Phi) is 4.32. The van der Waals surface area contributed by atoms with Gasteiger partial charge in [-0.2, -0.15) is 0 Å². The Morgan fingerprint density at radius 1 is 0.897 bits per heavy atom. The van der Waals surface area contributed by atoms with Gasteiger partial charge in [0, 0.05) is 41.8 Å². The van der Waals surface area contributed by atoms with Gasteiger partial charge in [0.1, 0.15) is 11.6 Å². The summed E-state index contributed by atoms with van der Waals surface area (Å²) in [6.07, 6.45) is 7.59. The minimum absolute atomic E-state index is 0.201. The fourth-order valence-electron chi connectivity index (χ4n) is 3.43. The van der Waals surface area contributed by atoms with Crippen LogP contribution in [0.5, 0.6) is 0 Å². The second-order valence-corrected chi connectivity index (χ2v) is 6.67. The minimum Gasteiger partial charge on any atom is -0.354 e. The smallest absolute Gasteiger partial charge is 0.223 e. The van der Waals surface area contributed by atoms with Gasteiger partial charge in [0.15, 0.2) is 0 Å². The van der Waals surface area contributed by atoms with Crippen LogP contribution in [-0.4, -0.2) is 26.5 Å². The van der Waals surface area contributed by atoms with Crippen molar-refractivity contribution >= 4 is 17.5 Å². The van der Waals surface area contributed by atoms with Gasteiger partial charge in [0.25, 0.3) is 0 Å². The van der Waals surface area contributed by atoms with Crippen LogP contribution in [-0.2, 0) is 6.42 Å². The van der Waals surface area contributed by atoms with Gasteiger partial charge < -0.3 is 10.6 Å². The first-order valence-electron chi connectivity index (χ1n) is 9.31. The van der Waals surface area contributed by atoms with Crippen molar-refractivity contribution in [3.8, 4) is 22.4 Å². The predicted molar refractivity (Wildman–Crippen MR) is 110 cm³/mol. The molecule has 0 saturated carbocycles. The molecule has 5 rings (SSSR count). The van der Waals surface area contributed by atoms with Crippen LogP contribution >= 0.6 is 0 Å². The summed E-state index contributed by atoms with van der Waals surface area (Å²) < 4.78 is 13.8. The number of aromatic nitrogens is 4. The molecule has 6 nitrogen and oxygen atoms in total. The van der Waals surface area contributed by atoms with E-state index in [2.05, 4.69) is 25.6 Å². The highest BCUT2D eigenvalue weighted by molar-refractivity contribution is 5.95. The SMILES string of the molecule is Fc1ccccc1CCNc1ncc2c(n1)-c1cccnc1Nc1cnccc1-2. The number of hydrogen-bond donors (Lipinski definition) is 2. The van der Waals surface area contributed by atoms with Crippen molar-refractivity contribution in [1.29, 1.82) is 0 Å². The molecule has 0 unspecified atom stereocenters. The van der Waals surface area contributed by atoms with E-state index in [1.54, 1.807) is 36.9 Å². The van der Waals surface area contributed by atoms with Gasteiger partial charge in [-0.1, -0.05) is 18.2 Å². The lowest BCUT2D eigenvalue weighted by Crippen LogP contribution is -2.09. The van der Waals surface area contributed by atoms with Gasteiger partial charge in [-0.05, 0) is 36.2 Å². The van der Waals surface area contributed by atoms with Gasteiger partial charge in [-0.25, -0.2) is 19.3 Å². The monoisotopic (exact) mass is 384 g/mol. The number of rotatable bonds is 4. The number of pyridine rings is 2. The Morgan fingerprint density at radius 3 is 2.76 bits per heavy atom. The average molecular weight is 384 g/mol. The molecule has 1 aromatic carbocycles. The first-order chi connectivity index (χ1) is 14.3. The number of benzene rings is 1. The number of fused-ring (bicyclic) bond motifs is 5.